The van der Waals surface area contributed by atoms with E-state index < -0.39 is 19.8 Å². The number of hydrogen-bond acceptors (Lipinski definition) is 4. The number of likely N-dealkylation sites (tertiary alicyclic amines) is 1. The van der Waals surface area contributed by atoms with E-state index >= 15 is 0 Å². The second-order valence-corrected chi connectivity index (χ2v) is 4.97. The Hall–Kier alpha value is -0.510. The highest BCUT2D eigenvalue weighted by atomic mass is 31.1. The molecule has 2 unspecified atom stereocenters. The lowest BCUT2D eigenvalue weighted by Gasteiger charge is -2.34. The minimum Gasteiger partial charge on any atom is -0.479 e. The molecule has 0 spiro atoms. The molecule has 1 aliphatic heterocycles. The first-order valence-corrected chi connectivity index (χ1v) is 5.81. The van der Waals surface area contributed by atoms with E-state index in [9.17, 15) is 14.5 Å². The first kappa shape index (κ1) is 12.6. The molecule has 5 nitrogen and oxygen atoms in total. The molecule has 0 aromatic rings. The molecule has 1 rings (SSSR count). The fourth-order valence-corrected chi connectivity index (χ4v) is 2.26. The monoisotopic (exact) mass is 233 g/mol. The van der Waals surface area contributed by atoms with Gasteiger partial charge in [-0.1, -0.05) is 6.42 Å². The van der Waals surface area contributed by atoms with Gasteiger partial charge in [-0.3, -0.25) is 4.57 Å². The second kappa shape index (κ2) is 5.01. The lowest BCUT2D eigenvalue weighted by Crippen LogP contribution is -2.44. The number of carboxylic acids is 1. The average molecular weight is 233 g/mol. The van der Waals surface area contributed by atoms with Crippen molar-refractivity contribution < 1.29 is 19.6 Å². The highest BCUT2D eigenvalue weighted by molar-refractivity contribution is 7.27. The molecule has 15 heavy (non-hydrogen) atoms. The van der Waals surface area contributed by atoms with Crippen molar-refractivity contribution in [3.8, 4) is 0 Å². The molecule has 1 fully saturated rings. The quantitative estimate of drug-likeness (QED) is 0.706. The van der Waals surface area contributed by atoms with Gasteiger partial charge in [0.1, 0.15) is 0 Å². The number of carbonyl (C=O) groups is 1. The summed E-state index contributed by atoms with van der Waals surface area (Å²) in [5.74, 6) is -1.42. The van der Waals surface area contributed by atoms with Gasteiger partial charge in [-0.05, 0) is 26.4 Å². The molecule has 86 valence electrons. The minimum atomic E-state index is -2.13. The summed E-state index contributed by atoms with van der Waals surface area (Å²) in [5.41, 5.74) is 0. The fraction of sp³-hybridized carbons (Fsp3) is 0.889. The van der Waals surface area contributed by atoms with E-state index in [2.05, 4.69) is 0 Å². The van der Waals surface area contributed by atoms with Crippen LogP contribution in [-0.2, 0) is 9.36 Å². The van der Waals surface area contributed by atoms with E-state index in [0.29, 0.717) is 0 Å². The predicted octanol–water partition coefficient (Wildman–Crippen LogP) is 0.926. The molecule has 1 heterocycles. The van der Waals surface area contributed by atoms with Crippen molar-refractivity contribution >= 4 is 14.4 Å². The summed E-state index contributed by atoms with van der Waals surface area (Å²) < 4.78 is 10.7. The second-order valence-electron chi connectivity index (χ2n) is 4.05. The summed E-state index contributed by atoms with van der Waals surface area (Å²) in [6.07, 6.45) is 2.99. The maximum Gasteiger partial charge on any atom is 0.348 e. The molecule has 6 heteroatoms. The van der Waals surface area contributed by atoms with Gasteiger partial charge in [0.25, 0.3) is 0 Å². The topological polar surface area (TPSA) is 77.8 Å². The maximum absolute atomic E-state index is 10.8. The van der Waals surface area contributed by atoms with Gasteiger partial charge in [0, 0.05) is 12.5 Å². The Bertz CT molecular complexity index is 260. The summed E-state index contributed by atoms with van der Waals surface area (Å²) in [5, 5.41) is 16.3. The van der Waals surface area contributed by atoms with Crippen LogP contribution < -0.4 is 0 Å². The maximum atomic E-state index is 10.8. The summed E-state index contributed by atoms with van der Waals surface area (Å²) in [4.78, 5) is 12.8. The molecular weight excluding hydrogens is 217 g/mol. The standard InChI is InChI=1S/C9H16NO4P/c1-10-5-3-2-4-7(10)6-9(13,15-14)8(11)12/h7,13H,2-6H2,1H3,(H,11,12). The van der Waals surface area contributed by atoms with E-state index in [0.717, 1.165) is 25.8 Å². The van der Waals surface area contributed by atoms with Crippen LogP contribution in [0, 0.1) is 0 Å². The van der Waals surface area contributed by atoms with Gasteiger partial charge in [0.15, 0.2) is 0 Å². The summed E-state index contributed by atoms with van der Waals surface area (Å²) in [6.45, 7) is 0.899. The molecule has 2 N–H and O–H groups in total. The number of nitrogens with zero attached hydrogens (tertiary/aromatic N) is 1. The summed E-state index contributed by atoms with van der Waals surface area (Å²) >= 11 is 0. The Morgan fingerprint density at radius 2 is 2.27 bits per heavy atom. The van der Waals surface area contributed by atoms with Crippen LogP contribution in [0.2, 0.25) is 0 Å². The zero-order valence-electron chi connectivity index (χ0n) is 8.72. The van der Waals surface area contributed by atoms with Crippen LogP contribution in [0.1, 0.15) is 25.7 Å². The Kier molecular flexibility index (Phi) is 4.20. The molecular formula is C9H16NO4P. The van der Waals surface area contributed by atoms with Gasteiger partial charge in [0.2, 0.25) is 13.8 Å². The third-order valence-electron chi connectivity index (χ3n) is 2.94. The highest BCUT2D eigenvalue weighted by Crippen LogP contribution is 2.30. The van der Waals surface area contributed by atoms with Crippen LogP contribution in [0.3, 0.4) is 0 Å². The van der Waals surface area contributed by atoms with Crippen molar-refractivity contribution in [1.82, 2.24) is 4.90 Å². The number of carboxylic acid groups (broad SMARTS) is 1. The van der Waals surface area contributed by atoms with Crippen molar-refractivity contribution in [2.45, 2.75) is 37.1 Å². The number of aliphatic carboxylic acids is 1. The molecule has 0 amide bonds. The first-order valence-electron chi connectivity index (χ1n) is 5.00. The number of piperidine rings is 1. The van der Waals surface area contributed by atoms with Crippen molar-refractivity contribution in [2.75, 3.05) is 13.6 Å². The van der Waals surface area contributed by atoms with Gasteiger partial charge >= 0.3 is 5.97 Å². The Morgan fingerprint density at radius 3 is 2.73 bits per heavy atom. The molecule has 0 aromatic carbocycles. The predicted molar refractivity (Wildman–Crippen MR) is 55.1 cm³/mol. The van der Waals surface area contributed by atoms with Crippen LogP contribution in [0.15, 0.2) is 0 Å². The van der Waals surface area contributed by atoms with E-state index in [-0.39, 0.29) is 12.5 Å². The highest BCUT2D eigenvalue weighted by Gasteiger charge is 2.41. The number of aliphatic hydroxyl groups is 1. The molecule has 1 saturated heterocycles. The van der Waals surface area contributed by atoms with E-state index in [4.69, 9.17) is 5.11 Å². The minimum absolute atomic E-state index is 0.00120. The smallest absolute Gasteiger partial charge is 0.348 e. The van der Waals surface area contributed by atoms with Crippen molar-refractivity contribution in [1.29, 1.82) is 0 Å². The van der Waals surface area contributed by atoms with Crippen LogP contribution in [-0.4, -0.2) is 46.1 Å². The van der Waals surface area contributed by atoms with Gasteiger partial charge in [-0.2, -0.15) is 0 Å². The van der Waals surface area contributed by atoms with Crippen molar-refractivity contribution in [3.63, 3.8) is 0 Å². The average Bonchev–Trinajstić information content (AvgIpc) is 2.21. The van der Waals surface area contributed by atoms with Gasteiger partial charge in [-0.25, -0.2) is 4.79 Å². The van der Waals surface area contributed by atoms with Gasteiger partial charge in [0.05, 0.1) is 0 Å². The van der Waals surface area contributed by atoms with Crippen molar-refractivity contribution in [2.24, 2.45) is 0 Å². The Balaban J connectivity index is 2.65. The molecule has 0 radical (unpaired) electrons. The molecule has 1 aliphatic rings. The van der Waals surface area contributed by atoms with Crippen LogP contribution >= 0.6 is 8.46 Å². The fourth-order valence-electron chi connectivity index (χ4n) is 1.89. The molecule has 0 aromatic heterocycles. The van der Waals surface area contributed by atoms with Crippen LogP contribution in [0.5, 0.6) is 0 Å². The van der Waals surface area contributed by atoms with Gasteiger partial charge in [-0.15, -0.1) is 0 Å². The molecule has 0 saturated carbocycles. The van der Waals surface area contributed by atoms with Crippen LogP contribution in [0.25, 0.3) is 0 Å². The van der Waals surface area contributed by atoms with Gasteiger partial charge < -0.3 is 15.1 Å². The zero-order chi connectivity index (χ0) is 11.5. The first-order chi connectivity index (χ1) is 6.99. The normalized spacial score (nSPS) is 27.5. The lowest BCUT2D eigenvalue weighted by atomic mass is 9.97. The molecule has 0 bridgehead atoms. The third-order valence-corrected chi connectivity index (χ3v) is 3.61. The molecule has 0 aliphatic carbocycles. The molecule has 2 atom stereocenters. The number of rotatable bonds is 4. The SMILES string of the molecule is CN1CCCCC1CC(O)(P=O)C(=O)O. The zero-order valence-corrected chi connectivity index (χ0v) is 9.61. The summed E-state index contributed by atoms with van der Waals surface area (Å²) in [6, 6.07) is 0.00120. The van der Waals surface area contributed by atoms with E-state index in [1.54, 1.807) is 0 Å². The summed E-state index contributed by atoms with van der Waals surface area (Å²) in [7, 11) is 1.16. The lowest BCUT2D eigenvalue weighted by molar-refractivity contribution is -0.151. The van der Waals surface area contributed by atoms with Crippen LogP contribution in [0.4, 0.5) is 0 Å². The third kappa shape index (κ3) is 2.97. The van der Waals surface area contributed by atoms with E-state index in [1.807, 2.05) is 11.9 Å². The Labute approximate surface area is 90.3 Å². The van der Waals surface area contributed by atoms with Crippen molar-refractivity contribution in [3.05, 3.63) is 0 Å². The largest absolute Gasteiger partial charge is 0.479 e. The number of hydrogen-bond donors (Lipinski definition) is 2. The van der Waals surface area contributed by atoms with E-state index in [1.165, 1.54) is 0 Å². The Morgan fingerprint density at radius 1 is 1.60 bits per heavy atom.